The molecule has 0 bridgehead atoms. The first kappa shape index (κ1) is 22.4. The Morgan fingerprint density at radius 2 is 2.17 bits per heavy atom. The molecular weight excluding hydrogens is 395 g/mol. The van der Waals surface area contributed by atoms with Crippen LogP contribution in [0.5, 0.6) is 0 Å². The minimum absolute atomic E-state index is 0.0268. The van der Waals surface area contributed by atoms with Crippen LogP contribution < -0.4 is 5.32 Å². The number of hydrogen-bond donors (Lipinski definition) is 3. The molecule has 1 aromatic heterocycles. The number of carbonyl (C=O) groups is 1. The zero-order chi connectivity index (χ0) is 21.9. The van der Waals surface area contributed by atoms with Crippen molar-refractivity contribution in [3.05, 3.63) is 41.6 Å². The van der Waals surface area contributed by atoms with E-state index in [1.807, 2.05) is 18.3 Å². The fourth-order valence-electron chi connectivity index (χ4n) is 3.87. The van der Waals surface area contributed by atoms with Gasteiger partial charge in [-0.05, 0) is 62.1 Å². The summed E-state index contributed by atoms with van der Waals surface area (Å²) in [6.45, 7) is 2.41. The van der Waals surface area contributed by atoms with E-state index in [9.17, 15) is 23.1 Å². The minimum atomic E-state index is -4.73. The van der Waals surface area contributed by atoms with Crippen molar-refractivity contribution in [2.45, 2.75) is 50.4 Å². The molecule has 1 aliphatic heterocycles. The van der Waals surface area contributed by atoms with Gasteiger partial charge in [-0.2, -0.15) is 13.2 Å². The number of rotatable bonds is 7. The van der Waals surface area contributed by atoms with Gasteiger partial charge in [-0.15, -0.1) is 0 Å². The van der Waals surface area contributed by atoms with Crippen LogP contribution in [0.1, 0.15) is 37.3 Å². The number of hydrogen-bond acceptors (Lipinski definition) is 3. The Kier molecular flexibility index (Phi) is 6.57. The molecule has 30 heavy (non-hydrogen) atoms. The normalized spacial score (nSPS) is 20.1. The van der Waals surface area contributed by atoms with Gasteiger partial charge in [0.15, 0.2) is 5.60 Å². The van der Waals surface area contributed by atoms with Gasteiger partial charge in [-0.25, -0.2) is 0 Å². The number of aliphatic hydroxyl groups is 1. The summed E-state index contributed by atoms with van der Waals surface area (Å²) in [5, 5.41) is 13.2. The number of amides is 1. The molecule has 0 aliphatic carbocycles. The van der Waals surface area contributed by atoms with E-state index in [4.69, 9.17) is 0 Å². The largest absolute Gasteiger partial charge is 0.420 e. The van der Waals surface area contributed by atoms with Gasteiger partial charge in [-0.1, -0.05) is 12.1 Å². The van der Waals surface area contributed by atoms with Crippen molar-refractivity contribution in [2.75, 3.05) is 20.1 Å². The Morgan fingerprint density at radius 1 is 1.40 bits per heavy atom. The lowest BCUT2D eigenvalue weighted by atomic mass is 10.0. The molecule has 2 heterocycles. The number of nitrogens with one attached hydrogen (secondary N) is 2. The second-order valence-electron chi connectivity index (χ2n) is 8.06. The van der Waals surface area contributed by atoms with E-state index in [0.717, 1.165) is 55.3 Å². The van der Waals surface area contributed by atoms with E-state index >= 15 is 0 Å². The first-order chi connectivity index (χ1) is 14.1. The summed E-state index contributed by atoms with van der Waals surface area (Å²) in [4.78, 5) is 17.1. The molecule has 3 rings (SSSR count). The number of nitrogens with zero attached hydrogens (tertiary/aromatic N) is 1. The number of fused-ring (bicyclic) bond motifs is 1. The number of aromatic amines is 1. The van der Waals surface area contributed by atoms with Gasteiger partial charge in [0.25, 0.3) is 0 Å². The lowest BCUT2D eigenvalue weighted by Crippen LogP contribution is -2.39. The van der Waals surface area contributed by atoms with Gasteiger partial charge in [0, 0.05) is 43.2 Å². The van der Waals surface area contributed by atoms with E-state index in [-0.39, 0.29) is 5.91 Å². The number of benzene rings is 1. The van der Waals surface area contributed by atoms with Gasteiger partial charge in [0.05, 0.1) is 0 Å². The van der Waals surface area contributed by atoms with E-state index < -0.39 is 11.8 Å². The highest BCUT2D eigenvalue weighted by Crippen LogP contribution is 2.32. The number of halogens is 3. The molecule has 1 fully saturated rings. The fourth-order valence-corrected chi connectivity index (χ4v) is 3.87. The SMILES string of the molecule is CNC(=O)CCN1CCC[C@@H]1Cc1c[nH]c2ccc(/C=C\C(C)(O)C(F)(F)F)cc12. The molecule has 0 saturated carbocycles. The van der Waals surface area contributed by atoms with Crippen molar-refractivity contribution in [3.63, 3.8) is 0 Å². The zero-order valence-electron chi connectivity index (χ0n) is 17.2. The van der Waals surface area contributed by atoms with Crippen molar-refractivity contribution >= 4 is 22.9 Å². The van der Waals surface area contributed by atoms with Crippen LogP contribution in [0.25, 0.3) is 17.0 Å². The molecule has 2 aromatic rings. The highest BCUT2D eigenvalue weighted by molar-refractivity contribution is 5.85. The van der Waals surface area contributed by atoms with Crippen LogP contribution in [0, 0.1) is 0 Å². The molecule has 1 aliphatic rings. The summed E-state index contributed by atoms with van der Waals surface area (Å²) in [5.41, 5.74) is -0.270. The van der Waals surface area contributed by atoms with Crippen molar-refractivity contribution in [1.82, 2.24) is 15.2 Å². The molecule has 0 spiro atoms. The average Bonchev–Trinajstić information content (AvgIpc) is 3.30. The first-order valence-electron chi connectivity index (χ1n) is 10.1. The lowest BCUT2D eigenvalue weighted by Gasteiger charge is -2.24. The van der Waals surface area contributed by atoms with Crippen LogP contribution in [0.4, 0.5) is 13.2 Å². The topological polar surface area (TPSA) is 68.4 Å². The summed E-state index contributed by atoms with van der Waals surface area (Å²) < 4.78 is 38.6. The monoisotopic (exact) mass is 423 g/mol. The quantitative estimate of drug-likeness (QED) is 0.637. The van der Waals surface area contributed by atoms with Crippen LogP contribution in [-0.4, -0.2) is 58.9 Å². The maximum absolute atomic E-state index is 12.9. The molecule has 3 N–H and O–H groups in total. The van der Waals surface area contributed by atoms with Gasteiger partial charge >= 0.3 is 6.18 Å². The summed E-state index contributed by atoms with van der Waals surface area (Å²) >= 11 is 0. The van der Waals surface area contributed by atoms with E-state index in [1.54, 1.807) is 13.1 Å². The second-order valence-corrected chi connectivity index (χ2v) is 8.06. The van der Waals surface area contributed by atoms with Gasteiger partial charge < -0.3 is 15.4 Å². The Morgan fingerprint density at radius 3 is 2.87 bits per heavy atom. The molecule has 0 radical (unpaired) electrons. The number of carbonyl (C=O) groups excluding carboxylic acids is 1. The molecule has 1 saturated heterocycles. The summed E-state index contributed by atoms with van der Waals surface area (Å²) in [7, 11) is 1.63. The number of likely N-dealkylation sites (tertiary alicyclic amines) is 1. The highest BCUT2D eigenvalue weighted by Gasteiger charge is 2.47. The van der Waals surface area contributed by atoms with Gasteiger partial charge in [0.1, 0.15) is 0 Å². The Bertz CT molecular complexity index is 918. The zero-order valence-corrected chi connectivity index (χ0v) is 17.2. The van der Waals surface area contributed by atoms with E-state index in [0.29, 0.717) is 24.6 Å². The summed E-state index contributed by atoms with van der Waals surface area (Å²) in [5.74, 6) is 0.0268. The van der Waals surface area contributed by atoms with Crippen molar-refractivity contribution in [2.24, 2.45) is 0 Å². The van der Waals surface area contributed by atoms with Crippen LogP contribution >= 0.6 is 0 Å². The minimum Gasteiger partial charge on any atom is -0.377 e. The summed E-state index contributed by atoms with van der Waals surface area (Å²) in [6, 6.07) is 5.72. The predicted molar refractivity (Wildman–Crippen MR) is 111 cm³/mol. The maximum Gasteiger partial charge on any atom is 0.420 e. The smallest absolute Gasteiger partial charge is 0.377 e. The molecule has 2 atom stereocenters. The third kappa shape index (κ3) is 5.05. The third-order valence-electron chi connectivity index (χ3n) is 5.83. The number of aromatic nitrogens is 1. The average molecular weight is 423 g/mol. The number of H-pyrrole nitrogens is 1. The Labute approximate surface area is 173 Å². The Balaban J connectivity index is 1.76. The molecule has 1 unspecified atom stereocenters. The molecule has 1 amide bonds. The first-order valence-corrected chi connectivity index (χ1v) is 10.1. The predicted octanol–water partition coefficient (Wildman–Crippen LogP) is 3.64. The molecular formula is C22H28F3N3O2. The van der Waals surface area contributed by atoms with E-state index in [1.165, 1.54) is 6.08 Å². The molecule has 5 nitrogen and oxygen atoms in total. The third-order valence-corrected chi connectivity index (χ3v) is 5.83. The highest BCUT2D eigenvalue weighted by atomic mass is 19.4. The summed E-state index contributed by atoms with van der Waals surface area (Å²) in [6.07, 6.45) is 2.70. The fraction of sp³-hybridized carbons (Fsp3) is 0.500. The second kappa shape index (κ2) is 8.81. The maximum atomic E-state index is 12.9. The lowest BCUT2D eigenvalue weighted by molar-refractivity contribution is -0.232. The molecule has 1 aromatic carbocycles. The number of alkyl halides is 3. The van der Waals surface area contributed by atoms with Crippen molar-refractivity contribution in [3.8, 4) is 0 Å². The van der Waals surface area contributed by atoms with Crippen LogP contribution in [0.2, 0.25) is 0 Å². The standard InChI is InChI=1S/C22H28F3N3O2/c1-21(30,22(23,24)25)9-7-15-5-6-19-18(12-15)16(14-27-19)13-17-4-3-10-28(17)11-8-20(29)26-2/h5-7,9,12,14,17,27,30H,3-4,8,10-11,13H2,1-2H3,(H,26,29)/b9-7-/t17-,21?/m1/s1. The molecule has 164 valence electrons. The van der Waals surface area contributed by atoms with Crippen LogP contribution in [0.15, 0.2) is 30.5 Å². The van der Waals surface area contributed by atoms with Crippen LogP contribution in [-0.2, 0) is 11.2 Å². The van der Waals surface area contributed by atoms with Crippen molar-refractivity contribution in [1.29, 1.82) is 0 Å². The van der Waals surface area contributed by atoms with Gasteiger partial charge in [0.2, 0.25) is 5.91 Å². The van der Waals surface area contributed by atoms with E-state index in [2.05, 4.69) is 15.2 Å². The van der Waals surface area contributed by atoms with Gasteiger partial charge in [-0.3, -0.25) is 9.69 Å². The van der Waals surface area contributed by atoms with Crippen molar-refractivity contribution < 1.29 is 23.1 Å². The Hall–Kier alpha value is -2.32. The van der Waals surface area contributed by atoms with Crippen LogP contribution in [0.3, 0.4) is 0 Å². The molecule has 8 heteroatoms.